The first-order valence-electron chi connectivity index (χ1n) is 6.21. The van der Waals surface area contributed by atoms with Gasteiger partial charge in [-0.1, -0.05) is 59.4 Å². The minimum Gasteiger partial charge on any atom is -0.305 e. The van der Waals surface area contributed by atoms with Crippen LogP contribution in [0.2, 0.25) is 0 Å². The Bertz CT molecular complexity index is 232. The molecule has 0 atom stereocenters. The van der Waals surface area contributed by atoms with Gasteiger partial charge >= 0.3 is 0 Å². The van der Waals surface area contributed by atoms with E-state index in [1.54, 1.807) is 6.08 Å². The molecule has 0 unspecified atom stereocenters. The number of hydrogen-bond acceptors (Lipinski definition) is 1. The van der Waals surface area contributed by atoms with E-state index in [9.17, 15) is 0 Å². The predicted molar refractivity (Wildman–Crippen MR) is 78.4 cm³/mol. The van der Waals surface area contributed by atoms with Gasteiger partial charge in [0.05, 0.1) is 0 Å². The molecule has 1 nitrogen and oxygen atoms in total. The van der Waals surface area contributed by atoms with Crippen molar-refractivity contribution in [2.45, 2.75) is 54.9 Å². The van der Waals surface area contributed by atoms with E-state index in [1.807, 2.05) is 60.6 Å². The molecule has 0 radical (unpaired) electrons. The van der Waals surface area contributed by atoms with Crippen molar-refractivity contribution in [3.05, 3.63) is 36.0 Å². The van der Waals surface area contributed by atoms with Crippen molar-refractivity contribution >= 4 is 5.71 Å². The Kier molecular flexibility index (Phi) is 20.7. The molecule has 0 aromatic carbocycles. The molecule has 0 rings (SSSR count). The van der Waals surface area contributed by atoms with Crippen molar-refractivity contribution in [2.24, 2.45) is 0 Å². The molecule has 0 saturated heterocycles. The average molecular weight is 223 g/mol. The van der Waals surface area contributed by atoms with Crippen molar-refractivity contribution < 1.29 is 0 Å². The number of allylic oxidation sites excluding steroid dienone is 5. The van der Waals surface area contributed by atoms with E-state index in [-0.39, 0.29) is 0 Å². The van der Waals surface area contributed by atoms with Crippen LogP contribution in [-0.4, -0.2) is 5.71 Å². The zero-order chi connectivity index (χ0) is 13.6. The summed E-state index contributed by atoms with van der Waals surface area (Å²) in [6, 6.07) is 0. The largest absolute Gasteiger partial charge is 0.305 e. The zero-order valence-electron chi connectivity index (χ0n) is 12.1. The number of nitrogens with one attached hydrogen (secondary N) is 1. The van der Waals surface area contributed by atoms with Crippen molar-refractivity contribution in [1.82, 2.24) is 0 Å². The fraction of sp³-hybridized carbons (Fsp3) is 0.533. The van der Waals surface area contributed by atoms with E-state index >= 15 is 0 Å². The second kappa shape index (κ2) is 16.3. The van der Waals surface area contributed by atoms with E-state index in [0.717, 1.165) is 17.6 Å². The third kappa shape index (κ3) is 9.45. The average Bonchev–Trinajstić information content (AvgIpc) is 2.38. The molecule has 0 bridgehead atoms. The highest BCUT2D eigenvalue weighted by Crippen LogP contribution is 2.10. The van der Waals surface area contributed by atoms with E-state index in [4.69, 9.17) is 5.41 Å². The first-order chi connectivity index (χ1) is 7.67. The van der Waals surface area contributed by atoms with Gasteiger partial charge in [-0.2, -0.15) is 0 Å². The normalized spacial score (nSPS) is 10.4. The molecule has 0 aliphatic heterocycles. The van der Waals surface area contributed by atoms with Crippen LogP contribution in [0.15, 0.2) is 36.0 Å². The van der Waals surface area contributed by atoms with Crippen LogP contribution in [0.5, 0.6) is 0 Å². The van der Waals surface area contributed by atoms with Gasteiger partial charge in [0.2, 0.25) is 0 Å². The third-order valence-electron chi connectivity index (χ3n) is 1.74. The molecule has 1 N–H and O–H groups in total. The fourth-order valence-electron chi connectivity index (χ4n) is 0.937. The Morgan fingerprint density at radius 1 is 1.19 bits per heavy atom. The molecule has 16 heavy (non-hydrogen) atoms. The molecule has 0 aromatic heterocycles. The van der Waals surface area contributed by atoms with Crippen molar-refractivity contribution in [3.63, 3.8) is 0 Å². The van der Waals surface area contributed by atoms with Gasteiger partial charge in [0, 0.05) is 5.71 Å². The summed E-state index contributed by atoms with van der Waals surface area (Å²) in [5.41, 5.74) is 2.74. The minimum atomic E-state index is 0.672. The Balaban J connectivity index is -0.000000376. The minimum absolute atomic E-state index is 0.672. The molecule has 0 heterocycles. The van der Waals surface area contributed by atoms with Crippen LogP contribution in [0.3, 0.4) is 0 Å². The molecule has 0 saturated carbocycles. The monoisotopic (exact) mass is 223 g/mol. The maximum Gasteiger partial charge on any atom is 0.0385 e. The lowest BCUT2D eigenvalue weighted by Gasteiger charge is -2.04. The Hall–Kier alpha value is -1.11. The predicted octanol–water partition coefficient (Wildman–Crippen LogP) is 5.55. The van der Waals surface area contributed by atoms with Crippen molar-refractivity contribution in [1.29, 1.82) is 5.41 Å². The van der Waals surface area contributed by atoms with Crippen LogP contribution in [0, 0.1) is 5.41 Å². The van der Waals surface area contributed by atoms with Crippen LogP contribution in [0.25, 0.3) is 0 Å². The van der Waals surface area contributed by atoms with Gasteiger partial charge in [0.25, 0.3) is 0 Å². The number of rotatable bonds is 4. The maximum atomic E-state index is 7.67. The molecule has 0 spiro atoms. The summed E-state index contributed by atoms with van der Waals surface area (Å²) in [6.45, 7) is 17.6. The summed E-state index contributed by atoms with van der Waals surface area (Å²) in [5, 5.41) is 7.67. The van der Waals surface area contributed by atoms with Crippen LogP contribution >= 0.6 is 0 Å². The van der Waals surface area contributed by atoms with E-state index in [1.165, 1.54) is 0 Å². The highest BCUT2D eigenvalue weighted by atomic mass is 14.4. The zero-order valence-corrected chi connectivity index (χ0v) is 12.1. The molecule has 0 aliphatic carbocycles. The summed E-state index contributed by atoms with van der Waals surface area (Å²) < 4.78 is 0. The highest BCUT2D eigenvalue weighted by molar-refractivity contribution is 6.01. The van der Waals surface area contributed by atoms with Crippen LogP contribution in [-0.2, 0) is 0 Å². The summed E-state index contributed by atoms with van der Waals surface area (Å²) in [5.74, 6) is 0. The Morgan fingerprint density at radius 3 is 1.88 bits per heavy atom. The SMILES string of the molecule is C=C/C(C)=C(/C=C\C)C(=N)CC.CC.CC. The van der Waals surface area contributed by atoms with Gasteiger partial charge in [0.1, 0.15) is 0 Å². The first-order valence-corrected chi connectivity index (χ1v) is 6.21. The first kappa shape index (κ1) is 20.3. The van der Waals surface area contributed by atoms with Gasteiger partial charge in [-0.3, -0.25) is 0 Å². The molecular formula is C15H29N. The van der Waals surface area contributed by atoms with Gasteiger partial charge in [-0.15, -0.1) is 0 Å². The van der Waals surface area contributed by atoms with Crippen LogP contribution in [0.4, 0.5) is 0 Å². The third-order valence-corrected chi connectivity index (χ3v) is 1.74. The maximum absolute atomic E-state index is 7.67. The second-order valence-electron chi connectivity index (χ2n) is 2.63. The lowest BCUT2D eigenvalue weighted by Crippen LogP contribution is -1.98. The molecule has 0 aliphatic rings. The van der Waals surface area contributed by atoms with Crippen molar-refractivity contribution in [2.75, 3.05) is 0 Å². The fourth-order valence-corrected chi connectivity index (χ4v) is 0.937. The molecule has 1 heteroatoms. The number of hydrogen-bond donors (Lipinski definition) is 1. The summed E-state index contributed by atoms with van der Waals surface area (Å²) in [6.07, 6.45) is 6.47. The van der Waals surface area contributed by atoms with E-state index in [2.05, 4.69) is 6.58 Å². The summed E-state index contributed by atoms with van der Waals surface area (Å²) in [4.78, 5) is 0. The van der Waals surface area contributed by atoms with Gasteiger partial charge < -0.3 is 5.41 Å². The summed E-state index contributed by atoms with van der Waals surface area (Å²) in [7, 11) is 0. The highest BCUT2D eigenvalue weighted by Gasteiger charge is 2.00. The molecule has 0 amide bonds. The standard InChI is InChI=1S/C11H17N.2C2H6/c1-5-8-10(9(4)6-2)11(12)7-3;2*1-2/h5-6,8,12H,2,7H2,1,3-4H3;2*1-2H3/b8-5-,10-9-,12-11?;;. The van der Waals surface area contributed by atoms with Gasteiger partial charge in [-0.25, -0.2) is 0 Å². The molecule has 0 aromatic rings. The van der Waals surface area contributed by atoms with Gasteiger partial charge in [-0.05, 0) is 31.4 Å². The van der Waals surface area contributed by atoms with Crippen LogP contribution in [0.1, 0.15) is 54.9 Å². The quantitative estimate of drug-likeness (QED) is 0.477. The topological polar surface area (TPSA) is 23.9 Å². The lowest BCUT2D eigenvalue weighted by molar-refractivity contribution is 1.23. The Morgan fingerprint density at radius 2 is 1.62 bits per heavy atom. The lowest BCUT2D eigenvalue weighted by atomic mass is 10.0. The molecular weight excluding hydrogens is 194 g/mol. The van der Waals surface area contributed by atoms with E-state index < -0.39 is 0 Å². The smallest absolute Gasteiger partial charge is 0.0385 e. The van der Waals surface area contributed by atoms with Crippen molar-refractivity contribution in [3.8, 4) is 0 Å². The molecule has 94 valence electrons. The Labute approximate surface area is 102 Å². The van der Waals surface area contributed by atoms with E-state index in [0.29, 0.717) is 5.71 Å². The molecule has 0 fully saturated rings. The summed E-state index contributed by atoms with van der Waals surface area (Å²) >= 11 is 0. The second-order valence-corrected chi connectivity index (χ2v) is 2.63. The van der Waals surface area contributed by atoms with Gasteiger partial charge in [0.15, 0.2) is 0 Å². The van der Waals surface area contributed by atoms with Crippen LogP contribution < -0.4 is 0 Å².